The average Bonchev–Trinajstić information content (AvgIpc) is 2.95. The minimum Gasteiger partial charge on any atom is -0.493 e. The van der Waals surface area contributed by atoms with E-state index in [1.54, 1.807) is 38.3 Å². The summed E-state index contributed by atoms with van der Waals surface area (Å²) in [6, 6.07) is 5.29. The zero-order valence-corrected chi connectivity index (χ0v) is 18.2. The van der Waals surface area contributed by atoms with Crippen molar-refractivity contribution >= 4 is 35.0 Å². The van der Waals surface area contributed by atoms with Gasteiger partial charge in [-0.2, -0.15) is 0 Å². The first-order valence-electron chi connectivity index (χ1n) is 9.58. The van der Waals surface area contributed by atoms with Crippen molar-refractivity contribution < 1.29 is 28.6 Å². The first kappa shape index (κ1) is 22.8. The number of methoxy groups -OCH3 is 1. The van der Waals surface area contributed by atoms with Crippen molar-refractivity contribution in [3.05, 3.63) is 28.7 Å². The standard InChI is InChI=1S/C21H27NO6S/c1-6-13(3)27-16-9-8-15(10-17(16)26-5)11-18-20(24)22(21(25)29-18)12-19(23)28-14(4)7-2/h8-11,13-14H,6-7,12H2,1-5H3/b18-11-/t13-,14+/m0/s1. The van der Waals surface area contributed by atoms with Gasteiger partial charge in [-0.15, -0.1) is 0 Å². The molecule has 1 saturated heterocycles. The van der Waals surface area contributed by atoms with Crippen LogP contribution < -0.4 is 9.47 Å². The van der Waals surface area contributed by atoms with Gasteiger partial charge in [0.25, 0.3) is 11.1 Å². The van der Waals surface area contributed by atoms with Gasteiger partial charge in [-0.25, -0.2) is 0 Å². The Balaban J connectivity index is 2.15. The lowest BCUT2D eigenvalue weighted by Gasteiger charge is -2.16. The number of nitrogens with zero attached hydrogens (tertiary/aromatic N) is 1. The molecule has 0 radical (unpaired) electrons. The van der Waals surface area contributed by atoms with E-state index in [0.29, 0.717) is 23.5 Å². The van der Waals surface area contributed by atoms with E-state index in [9.17, 15) is 14.4 Å². The summed E-state index contributed by atoms with van der Waals surface area (Å²) in [5, 5.41) is -0.494. The van der Waals surface area contributed by atoms with Crippen molar-refractivity contribution in [3.63, 3.8) is 0 Å². The lowest BCUT2D eigenvalue weighted by Crippen LogP contribution is -2.35. The van der Waals surface area contributed by atoms with Gasteiger partial charge in [-0.3, -0.25) is 19.3 Å². The highest BCUT2D eigenvalue weighted by molar-refractivity contribution is 8.18. The minimum absolute atomic E-state index is 0.0430. The average molecular weight is 422 g/mol. The second kappa shape index (κ2) is 10.3. The highest BCUT2D eigenvalue weighted by atomic mass is 32.2. The highest BCUT2D eigenvalue weighted by Crippen LogP contribution is 2.35. The van der Waals surface area contributed by atoms with Gasteiger partial charge in [0.05, 0.1) is 24.2 Å². The summed E-state index contributed by atoms with van der Waals surface area (Å²) in [6.45, 7) is 7.25. The first-order valence-corrected chi connectivity index (χ1v) is 10.4. The summed E-state index contributed by atoms with van der Waals surface area (Å²) in [7, 11) is 1.54. The summed E-state index contributed by atoms with van der Waals surface area (Å²) in [5.41, 5.74) is 0.686. The molecule has 1 aromatic rings. The Bertz CT molecular complexity index is 806. The Morgan fingerprint density at radius 2 is 1.83 bits per heavy atom. The van der Waals surface area contributed by atoms with Crippen LogP contribution in [0, 0.1) is 0 Å². The number of amides is 2. The Hall–Kier alpha value is -2.48. The maximum atomic E-state index is 12.6. The number of esters is 1. The van der Waals surface area contributed by atoms with Crippen LogP contribution >= 0.6 is 11.8 Å². The third-order valence-corrected chi connectivity index (χ3v) is 5.36. The fraction of sp³-hybridized carbons (Fsp3) is 0.476. The molecule has 1 heterocycles. The summed E-state index contributed by atoms with van der Waals surface area (Å²) in [6.07, 6.45) is 2.90. The predicted octanol–water partition coefficient (Wildman–Crippen LogP) is 4.25. The van der Waals surface area contributed by atoms with Crippen LogP contribution in [0.15, 0.2) is 23.1 Å². The normalized spacial score (nSPS) is 17.4. The molecule has 29 heavy (non-hydrogen) atoms. The number of benzene rings is 1. The Labute approximate surface area is 175 Å². The van der Waals surface area contributed by atoms with Crippen molar-refractivity contribution in [2.75, 3.05) is 13.7 Å². The van der Waals surface area contributed by atoms with Crippen LogP contribution in [0.25, 0.3) is 6.08 Å². The van der Waals surface area contributed by atoms with Crippen molar-refractivity contribution in [3.8, 4) is 11.5 Å². The molecule has 1 aliphatic heterocycles. The fourth-order valence-electron chi connectivity index (χ4n) is 2.43. The van der Waals surface area contributed by atoms with E-state index in [4.69, 9.17) is 14.2 Å². The Morgan fingerprint density at radius 3 is 2.45 bits per heavy atom. The molecule has 0 saturated carbocycles. The van der Waals surface area contributed by atoms with Crippen LogP contribution in [0.3, 0.4) is 0 Å². The number of carbonyl (C=O) groups is 3. The number of rotatable bonds is 9. The lowest BCUT2D eigenvalue weighted by atomic mass is 10.1. The van der Waals surface area contributed by atoms with Gasteiger partial charge in [0, 0.05) is 0 Å². The molecule has 0 spiro atoms. The Kier molecular flexibility index (Phi) is 8.13. The molecule has 1 aliphatic rings. The molecule has 0 bridgehead atoms. The summed E-state index contributed by atoms with van der Waals surface area (Å²) >= 11 is 0.794. The van der Waals surface area contributed by atoms with Gasteiger partial charge in [0.1, 0.15) is 6.54 Å². The van der Waals surface area contributed by atoms with Crippen LogP contribution in [0.2, 0.25) is 0 Å². The number of hydrogen-bond acceptors (Lipinski definition) is 7. The van der Waals surface area contributed by atoms with Crippen LogP contribution in [-0.4, -0.2) is 47.9 Å². The third-order valence-electron chi connectivity index (χ3n) is 4.46. The van der Waals surface area contributed by atoms with Gasteiger partial charge in [-0.1, -0.05) is 19.9 Å². The molecule has 1 fully saturated rings. The molecule has 0 N–H and O–H groups in total. The number of carbonyl (C=O) groups excluding carboxylic acids is 3. The van der Waals surface area contributed by atoms with Crippen molar-refractivity contribution in [2.24, 2.45) is 0 Å². The number of imide groups is 1. The summed E-state index contributed by atoms with van der Waals surface area (Å²) in [5.74, 6) is 0.0337. The van der Waals surface area contributed by atoms with Gasteiger partial charge in [0.15, 0.2) is 11.5 Å². The largest absolute Gasteiger partial charge is 0.493 e. The maximum Gasteiger partial charge on any atom is 0.326 e. The molecule has 7 nitrogen and oxygen atoms in total. The third kappa shape index (κ3) is 6.00. The van der Waals surface area contributed by atoms with E-state index in [1.807, 2.05) is 20.8 Å². The molecule has 0 aliphatic carbocycles. The van der Waals surface area contributed by atoms with Crippen molar-refractivity contribution in [1.82, 2.24) is 4.90 Å². The van der Waals surface area contributed by atoms with E-state index in [-0.39, 0.29) is 17.1 Å². The molecule has 8 heteroatoms. The topological polar surface area (TPSA) is 82.1 Å². The molecule has 2 rings (SSSR count). The number of thioether (sulfide) groups is 1. The van der Waals surface area contributed by atoms with E-state index in [0.717, 1.165) is 23.1 Å². The first-order chi connectivity index (χ1) is 13.8. The molecule has 2 amide bonds. The summed E-state index contributed by atoms with van der Waals surface area (Å²) in [4.78, 5) is 37.8. The minimum atomic E-state index is -0.601. The lowest BCUT2D eigenvalue weighted by molar-refractivity contribution is -0.150. The summed E-state index contributed by atoms with van der Waals surface area (Å²) < 4.78 is 16.4. The van der Waals surface area contributed by atoms with Gasteiger partial charge in [-0.05, 0) is 62.2 Å². The van der Waals surface area contributed by atoms with E-state index in [2.05, 4.69) is 0 Å². The zero-order valence-electron chi connectivity index (χ0n) is 17.4. The molecule has 158 valence electrons. The monoisotopic (exact) mass is 421 g/mol. The Morgan fingerprint density at radius 1 is 1.14 bits per heavy atom. The molecule has 1 aromatic carbocycles. The van der Waals surface area contributed by atoms with E-state index in [1.165, 1.54) is 0 Å². The second-order valence-electron chi connectivity index (χ2n) is 6.72. The van der Waals surface area contributed by atoms with E-state index >= 15 is 0 Å². The molecule has 0 unspecified atom stereocenters. The fourth-order valence-corrected chi connectivity index (χ4v) is 3.27. The second-order valence-corrected chi connectivity index (χ2v) is 7.72. The zero-order chi connectivity index (χ0) is 21.6. The van der Waals surface area contributed by atoms with Crippen LogP contribution in [-0.2, 0) is 14.3 Å². The van der Waals surface area contributed by atoms with Crippen LogP contribution in [0.5, 0.6) is 11.5 Å². The SMILES string of the molecule is CC[C@@H](C)OC(=O)CN1C(=O)S/C(=C\c2ccc(O[C@@H](C)CC)c(OC)c2)C1=O. The predicted molar refractivity (Wildman–Crippen MR) is 112 cm³/mol. The molecule has 2 atom stereocenters. The smallest absolute Gasteiger partial charge is 0.326 e. The van der Waals surface area contributed by atoms with Crippen molar-refractivity contribution in [2.45, 2.75) is 52.7 Å². The van der Waals surface area contributed by atoms with Gasteiger partial charge in [0.2, 0.25) is 0 Å². The maximum absolute atomic E-state index is 12.6. The molecule has 0 aromatic heterocycles. The van der Waals surface area contributed by atoms with E-state index < -0.39 is 23.7 Å². The highest BCUT2D eigenvalue weighted by Gasteiger charge is 2.36. The van der Waals surface area contributed by atoms with Gasteiger partial charge < -0.3 is 14.2 Å². The number of hydrogen-bond donors (Lipinski definition) is 0. The van der Waals surface area contributed by atoms with Crippen LogP contribution in [0.4, 0.5) is 4.79 Å². The number of ether oxygens (including phenoxy) is 3. The van der Waals surface area contributed by atoms with Crippen LogP contribution in [0.1, 0.15) is 46.1 Å². The van der Waals surface area contributed by atoms with Crippen molar-refractivity contribution in [1.29, 1.82) is 0 Å². The quantitative estimate of drug-likeness (QED) is 0.435. The van der Waals surface area contributed by atoms with Gasteiger partial charge >= 0.3 is 5.97 Å². The molecular weight excluding hydrogens is 394 g/mol. The molecular formula is C21H27NO6S.